The van der Waals surface area contributed by atoms with Crippen LogP contribution in [-0.4, -0.2) is 41.5 Å². The zero-order valence-corrected chi connectivity index (χ0v) is 16.7. The molecule has 0 unspecified atom stereocenters. The van der Waals surface area contributed by atoms with E-state index in [0.717, 1.165) is 42.2 Å². The number of para-hydroxylation sites is 2. The molecule has 0 spiro atoms. The molecule has 5 rings (SSSR count). The lowest BCUT2D eigenvalue weighted by Crippen LogP contribution is -2.40. The summed E-state index contributed by atoms with van der Waals surface area (Å²) in [5.41, 5.74) is 1.69. The van der Waals surface area contributed by atoms with Gasteiger partial charge in [0.25, 0.3) is 5.91 Å². The molecular weight excluding hydrogens is 368 g/mol. The van der Waals surface area contributed by atoms with Crippen LogP contribution in [0.2, 0.25) is 0 Å². The van der Waals surface area contributed by atoms with Crippen LogP contribution in [0.5, 0.6) is 0 Å². The van der Waals surface area contributed by atoms with Crippen molar-refractivity contribution in [3.05, 3.63) is 30.2 Å². The highest BCUT2D eigenvalue weighted by Gasteiger charge is 2.40. The molecule has 1 aliphatic heterocycles. The van der Waals surface area contributed by atoms with Crippen LogP contribution in [0.4, 0.5) is 0 Å². The van der Waals surface area contributed by atoms with Gasteiger partial charge in [0, 0.05) is 25.4 Å². The summed E-state index contributed by atoms with van der Waals surface area (Å²) < 4.78 is 11.2. The molecule has 3 atom stereocenters. The zero-order valence-electron chi connectivity index (χ0n) is 16.7. The van der Waals surface area contributed by atoms with Gasteiger partial charge in [-0.1, -0.05) is 18.6 Å². The average Bonchev–Trinajstić information content (AvgIpc) is 3.47. The van der Waals surface area contributed by atoms with Crippen LogP contribution in [-0.2, 0) is 14.3 Å². The molecule has 1 amide bonds. The van der Waals surface area contributed by atoms with Crippen LogP contribution in [0, 0.1) is 17.8 Å². The van der Waals surface area contributed by atoms with E-state index in [4.69, 9.17) is 9.15 Å². The molecule has 1 aromatic carbocycles. The Kier molecular flexibility index (Phi) is 5.02. The number of esters is 1. The molecule has 6 heteroatoms. The van der Waals surface area contributed by atoms with Gasteiger partial charge in [0.15, 0.2) is 18.1 Å². The lowest BCUT2D eigenvalue weighted by Gasteiger charge is -2.30. The fourth-order valence-electron chi connectivity index (χ4n) is 5.57. The van der Waals surface area contributed by atoms with Crippen LogP contribution in [0.3, 0.4) is 0 Å². The molecular formula is C23H28N2O4. The number of hydrogen-bond donors (Lipinski definition) is 0. The Labute approximate surface area is 170 Å². The van der Waals surface area contributed by atoms with E-state index in [-0.39, 0.29) is 24.4 Å². The number of amides is 1. The largest absolute Gasteiger partial charge is 0.456 e. The molecule has 2 heterocycles. The number of benzene rings is 1. The molecule has 6 nitrogen and oxygen atoms in total. The van der Waals surface area contributed by atoms with Gasteiger partial charge in [-0.05, 0) is 62.0 Å². The van der Waals surface area contributed by atoms with E-state index in [0.29, 0.717) is 31.3 Å². The molecule has 2 saturated carbocycles. The van der Waals surface area contributed by atoms with Crippen LogP contribution >= 0.6 is 0 Å². The maximum absolute atomic E-state index is 12.5. The first-order chi connectivity index (χ1) is 14.2. The molecule has 1 aromatic heterocycles. The maximum Gasteiger partial charge on any atom is 0.306 e. The third kappa shape index (κ3) is 3.89. The number of nitrogens with zero attached hydrogens (tertiary/aromatic N) is 2. The lowest BCUT2D eigenvalue weighted by atomic mass is 9.86. The molecule has 3 aliphatic rings. The second-order valence-electron chi connectivity index (χ2n) is 8.97. The third-order valence-corrected chi connectivity index (χ3v) is 7.18. The first-order valence-electron chi connectivity index (χ1n) is 10.9. The molecule has 2 aromatic rings. The number of carbonyl (C=O) groups is 2. The summed E-state index contributed by atoms with van der Waals surface area (Å²) in [5, 5.41) is 0. The number of piperidine rings is 1. The van der Waals surface area contributed by atoms with E-state index in [2.05, 4.69) is 4.98 Å². The van der Waals surface area contributed by atoms with Crippen LogP contribution in [0.25, 0.3) is 11.1 Å². The first kappa shape index (κ1) is 18.6. The smallest absolute Gasteiger partial charge is 0.306 e. The minimum atomic E-state index is -0.211. The average molecular weight is 396 g/mol. The Morgan fingerprint density at radius 3 is 2.66 bits per heavy atom. The van der Waals surface area contributed by atoms with Crippen molar-refractivity contribution >= 4 is 23.0 Å². The Hall–Kier alpha value is -2.37. The second kappa shape index (κ2) is 7.81. The minimum Gasteiger partial charge on any atom is -0.456 e. The van der Waals surface area contributed by atoms with Gasteiger partial charge in [0.2, 0.25) is 0 Å². The zero-order chi connectivity index (χ0) is 19.8. The van der Waals surface area contributed by atoms with Crippen LogP contribution in [0.15, 0.2) is 28.7 Å². The number of likely N-dealkylation sites (tertiary alicyclic amines) is 1. The molecule has 3 fully saturated rings. The predicted molar refractivity (Wildman–Crippen MR) is 107 cm³/mol. The summed E-state index contributed by atoms with van der Waals surface area (Å²) in [6.07, 6.45) is 7.15. The van der Waals surface area contributed by atoms with E-state index in [1.54, 1.807) is 4.90 Å². The molecule has 1 saturated heterocycles. The van der Waals surface area contributed by atoms with Crippen molar-refractivity contribution in [3.8, 4) is 0 Å². The summed E-state index contributed by atoms with van der Waals surface area (Å²) in [6.45, 7) is 1.16. The molecule has 154 valence electrons. The highest BCUT2D eigenvalue weighted by molar-refractivity contribution is 5.80. The van der Waals surface area contributed by atoms with E-state index >= 15 is 0 Å². The van der Waals surface area contributed by atoms with Gasteiger partial charge in [0.05, 0.1) is 0 Å². The molecule has 2 bridgehead atoms. The highest BCUT2D eigenvalue weighted by atomic mass is 16.5. The Balaban J connectivity index is 1.07. The number of ether oxygens (including phenoxy) is 1. The van der Waals surface area contributed by atoms with Gasteiger partial charge in [-0.15, -0.1) is 0 Å². The number of aromatic nitrogens is 1. The van der Waals surface area contributed by atoms with E-state index in [9.17, 15) is 9.59 Å². The molecule has 0 N–H and O–H groups in total. The van der Waals surface area contributed by atoms with E-state index < -0.39 is 0 Å². The number of carbonyl (C=O) groups excluding carboxylic acids is 2. The van der Waals surface area contributed by atoms with Crippen molar-refractivity contribution < 1.29 is 18.7 Å². The highest BCUT2D eigenvalue weighted by Crippen LogP contribution is 2.49. The van der Waals surface area contributed by atoms with Gasteiger partial charge in [-0.2, -0.15) is 0 Å². The predicted octanol–water partition coefficient (Wildman–Crippen LogP) is 3.90. The van der Waals surface area contributed by atoms with Gasteiger partial charge in [-0.25, -0.2) is 4.98 Å². The van der Waals surface area contributed by atoms with Crippen molar-refractivity contribution in [3.63, 3.8) is 0 Å². The number of rotatable bonds is 5. The Morgan fingerprint density at radius 1 is 1.10 bits per heavy atom. The summed E-state index contributed by atoms with van der Waals surface area (Å²) in [7, 11) is 0. The lowest BCUT2D eigenvalue weighted by molar-refractivity contribution is -0.153. The van der Waals surface area contributed by atoms with Gasteiger partial charge < -0.3 is 14.1 Å². The fourth-order valence-corrected chi connectivity index (χ4v) is 5.57. The Bertz CT molecular complexity index is 866. The first-order valence-corrected chi connectivity index (χ1v) is 10.9. The SMILES string of the molecule is O=C(C[C@@H]1C[C@H]2CC[C@@H]1C2)OCC(=O)N1CCC(c2nc3ccccc3o2)CC1. The minimum absolute atomic E-state index is 0.0951. The topological polar surface area (TPSA) is 72.6 Å². The van der Waals surface area contributed by atoms with Gasteiger partial charge >= 0.3 is 5.97 Å². The maximum atomic E-state index is 12.5. The molecule has 0 radical (unpaired) electrons. The van der Waals surface area contributed by atoms with Crippen molar-refractivity contribution in [2.75, 3.05) is 19.7 Å². The number of hydrogen-bond acceptors (Lipinski definition) is 5. The number of fused-ring (bicyclic) bond motifs is 3. The monoisotopic (exact) mass is 396 g/mol. The van der Waals surface area contributed by atoms with Crippen molar-refractivity contribution in [1.29, 1.82) is 0 Å². The second-order valence-corrected chi connectivity index (χ2v) is 8.97. The molecule has 2 aliphatic carbocycles. The summed E-state index contributed by atoms with van der Waals surface area (Å²) in [6, 6.07) is 7.77. The summed E-state index contributed by atoms with van der Waals surface area (Å²) in [5.74, 6) is 2.68. The van der Waals surface area contributed by atoms with Crippen molar-refractivity contribution in [2.45, 2.75) is 50.9 Å². The third-order valence-electron chi connectivity index (χ3n) is 7.18. The van der Waals surface area contributed by atoms with Crippen LogP contribution in [0.1, 0.15) is 56.8 Å². The normalized spacial score (nSPS) is 26.9. The van der Waals surface area contributed by atoms with Gasteiger partial charge in [0.1, 0.15) is 5.52 Å². The quantitative estimate of drug-likeness (QED) is 0.717. The standard InChI is InChI=1S/C23H28N2O4/c26-21(14-28-22(27)13-18-12-15-5-6-17(18)11-15)25-9-7-16(8-10-25)23-24-19-3-1-2-4-20(19)29-23/h1-4,15-18H,5-14H2/t15-,17+,18-/m0/s1. The number of oxazole rings is 1. The van der Waals surface area contributed by atoms with Crippen LogP contribution < -0.4 is 0 Å². The Morgan fingerprint density at radius 2 is 1.93 bits per heavy atom. The van der Waals surface area contributed by atoms with Gasteiger partial charge in [-0.3, -0.25) is 9.59 Å². The van der Waals surface area contributed by atoms with Crippen molar-refractivity contribution in [2.24, 2.45) is 17.8 Å². The summed E-state index contributed by atoms with van der Waals surface area (Å²) in [4.78, 5) is 31.0. The van der Waals surface area contributed by atoms with E-state index in [1.165, 1.54) is 19.3 Å². The summed E-state index contributed by atoms with van der Waals surface area (Å²) >= 11 is 0. The van der Waals surface area contributed by atoms with E-state index in [1.807, 2.05) is 24.3 Å². The fraction of sp³-hybridized carbons (Fsp3) is 0.609. The van der Waals surface area contributed by atoms with Crippen molar-refractivity contribution in [1.82, 2.24) is 9.88 Å². The molecule has 29 heavy (non-hydrogen) atoms.